The minimum atomic E-state index is -0.334. The zero-order chi connectivity index (χ0) is 11.1. The predicted molar refractivity (Wildman–Crippen MR) is 56.8 cm³/mol. The number of nitrogen functional groups attached to an aromatic ring is 1. The van der Waals surface area contributed by atoms with Crippen molar-refractivity contribution in [3.63, 3.8) is 0 Å². The molecular weight excluding hydrogens is 192 g/mol. The summed E-state index contributed by atoms with van der Waals surface area (Å²) in [6.07, 6.45) is 1.66. The van der Waals surface area contributed by atoms with E-state index < -0.39 is 0 Å². The van der Waals surface area contributed by atoms with Crippen LogP contribution in [0.2, 0.25) is 0 Å². The summed E-state index contributed by atoms with van der Waals surface area (Å²) >= 11 is 0. The Labute approximate surface area is 88.5 Å². The number of hydrogen-bond donors (Lipinski definition) is 1. The smallest absolute Gasteiger partial charge is 0.317 e. The first-order valence-electron chi connectivity index (χ1n) is 4.59. The van der Waals surface area contributed by atoms with E-state index in [1.807, 2.05) is 0 Å². The minimum absolute atomic E-state index is 0.0594. The van der Waals surface area contributed by atoms with Gasteiger partial charge < -0.3 is 10.5 Å². The lowest BCUT2D eigenvalue weighted by molar-refractivity contribution is -0.141. The van der Waals surface area contributed by atoms with Gasteiger partial charge in [-0.05, 0) is 25.0 Å². The fourth-order valence-electron chi connectivity index (χ4n) is 0.934. The van der Waals surface area contributed by atoms with Gasteiger partial charge in [-0.2, -0.15) is 0 Å². The zero-order valence-electron chi connectivity index (χ0n) is 8.49. The van der Waals surface area contributed by atoms with Crippen molar-refractivity contribution in [1.82, 2.24) is 4.98 Å². The maximum absolute atomic E-state index is 10.9. The number of pyridine rings is 1. The number of rotatable bonds is 2. The maximum atomic E-state index is 10.9. The molecule has 1 aromatic heterocycles. The molecule has 1 rings (SSSR count). The third-order valence-corrected chi connectivity index (χ3v) is 1.58. The van der Waals surface area contributed by atoms with Crippen LogP contribution in [0.4, 0.5) is 5.69 Å². The number of ether oxygens (including phenoxy) is 1. The van der Waals surface area contributed by atoms with Gasteiger partial charge in [-0.3, -0.25) is 4.79 Å². The molecule has 4 nitrogen and oxygen atoms in total. The molecule has 0 aliphatic carbocycles. The molecule has 0 spiro atoms. The van der Waals surface area contributed by atoms with Crippen molar-refractivity contribution < 1.29 is 9.53 Å². The fourth-order valence-corrected chi connectivity index (χ4v) is 0.934. The Morgan fingerprint density at radius 1 is 1.67 bits per heavy atom. The van der Waals surface area contributed by atoms with Gasteiger partial charge in [-0.15, -0.1) is 0 Å². The first-order valence-corrected chi connectivity index (χ1v) is 4.59. The number of anilines is 1. The third kappa shape index (κ3) is 3.69. The number of nitrogens with zero attached hydrogens (tertiary/aromatic N) is 1. The second-order valence-electron chi connectivity index (χ2n) is 2.72. The average Bonchev–Trinajstić information content (AvgIpc) is 2.21. The molecule has 0 saturated carbocycles. The van der Waals surface area contributed by atoms with E-state index in [0.29, 0.717) is 18.0 Å². The van der Waals surface area contributed by atoms with Crippen LogP contribution in [0.15, 0.2) is 18.3 Å². The molecule has 0 saturated heterocycles. The van der Waals surface area contributed by atoms with Gasteiger partial charge in [0.15, 0.2) is 0 Å². The molecule has 0 amide bonds. The summed E-state index contributed by atoms with van der Waals surface area (Å²) in [4.78, 5) is 14.9. The van der Waals surface area contributed by atoms with Crippen LogP contribution >= 0.6 is 0 Å². The highest BCUT2D eigenvalue weighted by Gasteiger charge is 1.97. The molecule has 0 aromatic carbocycles. The Hall–Kier alpha value is -2.02. The monoisotopic (exact) mass is 204 g/mol. The number of hydrogen-bond acceptors (Lipinski definition) is 4. The Balaban J connectivity index is 2.59. The van der Waals surface area contributed by atoms with Gasteiger partial charge in [-0.1, -0.05) is 5.92 Å². The molecule has 0 bridgehead atoms. The van der Waals surface area contributed by atoms with Crippen LogP contribution in [0.3, 0.4) is 0 Å². The molecule has 0 atom stereocenters. The summed E-state index contributed by atoms with van der Waals surface area (Å²) in [5.74, 6) is 5.04. The highest BCUT2D eigenvalue weighted by molar-refractivity contribution is 5.72. The quantitative estimate of drug-likeness (QED) is 0.575. The molecule has 0 fully saturated rings. The van der Waals surface area contributed by atoms with Crippen LogP contribution in [0.5, 0.6) is 0 Å². The van der Waals surface area contributed by atoms with Crippen molar-refractivity contribution >= 4 is 11.7 Å². The number of carbonyl (C=O) groups excluding carboxylic acids is 1. The van der Waals surface area contributed by atoms with E-state index in [2.05, 4.69) is 16.8 Å². The highest BCUT2D eigenvalue weighted by atomic mass is 16.5. The number of aromatic nitrogens is 1. The van der Waals surface area contributed by atoms with Crippen LogP contribution in [0.25, 0.3) is 0 Å². The van der Waals surface area contributed by atoms with Crippen LogP contribution in [-0.2, 0) is 9.53 Å². The molecule has 1 heterocycles. The van der Waals surface area contributed by atoms with Crippen LogP contribution in [-0.4, -0.2) is 17.6 Å². The van der Waals surface area contributed by atoms with Gasteiger partial charge in [0.05, 0.1) is 12.3 Å². The van der Waals surface area contributed by atoms with Gasteiger partial charge in [0.25, 0.3) is 0 Å². The average molecular weight is 204 g/mol. The summed E-state index contributed by atoms with van der Waals surface area (Å²) in [5.41, 5.74) is 6.61. The molecule has 1 aromatic rings. The molecule has 0 radical (unpaired) electrons. The normalized spacial score (nSPS) is 8.87. The lowest BCUT2D eigenvalue weighted by Gasteiger charge is -1.95. The van der Waals surface area contributed by atoms with Crippen molar-refractivity contribution in [2.75, 3.05) is 12.3 Å². The first kappa shape index (κ1) is 11.1. The van der Waals surface area contributed by atoms with E-state index in [1.54, 1.807) is 25.3 Å². The second-order valence-corrected chi connectivity index (χ2v) is 2.72. The molecule has 0 unspecified atom stereocenters. The van der Waals surface area contributed by atoms with Crippen LogP contribution in [0, 0.1) is 11.8 Å². The highest BCUT2D eigenvalue weighted by Crippen LogP contribution is 2.04. The van der Waals surface area contributed by atoms with E-state index in [0.717, 1.165) is 0 Å². The van der Waals surface area contributed by atoms with E-state index in [-0.39, 0.29) is 12.4 Å². The second kappa shape index (κ2) is 5.66. The largest absolute Gasteiger partial charge is 0.465 e. The Morgan fingerprint density at radius 2 is 2.47 bits per heavy atom. The van der Waals surface area contributed by atoms with E-state index in [4.69, 9.17) is 10.5 Å². The lowest BCUT2D eigenvalue weighted by Crippen LogP contribution is -2.01. The lowest BCUT2D eigenvalue weighted by atomic mass is 10.3. The van der Waals surface area contributed by atoms with Gasteiger partial charge >= 0.3 is 5.97 Å². The van der Waals surface area contributed by atoms with E-state index >= 15 is 0 Å². The van der Waals surface area contributed by atoms with Crippen molar-refractivity contribution in [3.05, 3.63) is 24.0 Å². The van der Waals surface area contributed by atoms with Crippen molar-refractivity contribution in [2.45, 2.75) is 13.3 Å². The molecule has 15 heavy (non-hydrogen) atoms. The fraction of sp³-hybridized carbons (Fsp3) is 0.273. The first-order chi connectivity index (χ1) is 7.24. The van der Waals surface area contributed by atoms with Crippen molar-refractivity contribution in [2.24, 2.45) is 0 Å². The Kier molecular flexibility index (Phi) is 4.17. The number of carbonyl (C=O) groups is 1. The summed E-state index contributed by atoms with van der Waals surface area (Å²) in [6.45, 7) is 2.12. The van der Waals surface area contributed by atoms with Crippen molar-refractivity contribution in [3.8, 4) is 11.8 Å². The SMILES string of the molecule is CCOC(=O)CC#Cc1ncccc1N. The number of esters is 1. The molecule has 0 aliphatic heterocycles. The van der Waals surface area contributed by atoms with Gasteiger partial charge in [0, 0.05) is 6.20 Å². The molecule has 0 aliphatic rings. The Morgan fingerprint density at radius 3 is 3.13 bits per heavy atom. The van der Waals surface area contributed by atoms with Crippen LogP contribution < -0.4 is 5.73 Å². The summed E-state index contributed by atoms with van der Waals surface area (Å²) in [6, 6.07) is 3.44. The molecule has 4 heteroatoms. The van der Waals surface area contributed by atoms with Gasteiger partial charge in [0.1, 0.15) is 12.1 Å². The standard InChI is InChI=1S/C11H12N2O2/c1-2-15-11(14)7-3-6-10-9(12)5-4-8-13-10/h4-5,8H,2,7,12H2,1H3. The summed E-state index contributed by atoms with van der Waals surface area (Å²) in [7, 11) is 0. The zero-order valence-corrected chi connectivity index (χ0v) is 8.49. The van der Waals surface area contributed by atoms with Crippen LogP contribution in [0.1, 0.15) is 19.0 Å². The van der Waals surface area contributed by atoms with Gasteiger partial charge in [0.2, 0.25) is 0 Å². The van der Waals surface area contributed by atoms with E-state index in [9.17, 15) is 4.79 Å². The van der Waals surface area contributed by atoms with E-state index in [1.165, 1.54) is 0 Å². The van der Waals surface area contributed by atoms with Gasteiger partial charge in [-0.25, -0.2) is 4.98 Å². The molecule has 78 valence electrons. The molecule has 2 N–H and O–H groups in total. The molecular formula is C11H12N2O2. The Bertz CT molecular complexity index is 405. The summed E-state index contributed by atoms with van der Waals surface area (Å²) < 4.78 is 4.72. The minimum Gasteiger partial charge on any atom is -0.465 e. The maximum Gasteiger partial charge on any atom is 0.317 e. The summed E-state index contributed by atoms with van der Waals surface area (Å²) in [5, 5.41) is 0. The van der Waals surface area contributed by atoms with Crippen molar-refractivity contribution in [1.29, 1.82) is 0 Å². The predicted octanol–water partition coefficient (Wildman–Crippen LogP) is 0.969. The topological polar surface area (TPSA) is 65.2 Å². The third-order valence-electron chi connectivity index (χ3n) is 1.58. The number of nitrogens with two attached hydrogens (primary N) is 1.